The Morgan fingerprint density at radius 3 is 2.54 bits per heavy atom. The molecule has 0 fully saturated rings. The van der Waals surface area contributed by atoms with Gasteiger partial charge in [0.2, 0.25) is 5.91 Å². The molecule has 0 saturated carbocycles. The number of para-hydroxylation sites is 1. The van der Waals surface area contributed by atoms with Crippen molar-refractivity contribution >= 4 is 51.6 Å². The van der Waals surface area contributed by atoms with Gasteiger partial charge < -0.3 is 11.1 Å². The van der Waals surface area contributed by atoms with Gasteiger partial charge in [-0.3, -0.25) is 19.3 Å². The van der Waals surface area contributed by atoms with E-state index in [1.165, 1.54) is 29.2 Å². The zero-order valence-corrected chi connectivity index (χ0v) is 15.1. The van der Waals surface area contributed by atoms with Gasteiger partial charge in [0.1, 0.15) is 18.2 Å². The van der Waals surface area contributed by atoms with E-state index in [2.05, 4.69) is 10.3 Å². The standard InChI is InChI=1S/C19H13FN4O3S/c20-10-5-7-11(8-6-10)22-14(25)9-24-13-4-2-1-3-12(13)15(18(24)26)16-17(21)23-19(27)28-16/h1-8H,9H2,(H,22,25)(H2,21,23,27)/b16-15+. The Bertz CT molecular complexity index is 1080. The molecule has 3 amide bonds. The number of carbonyl (C=O) groups is 3. The van der Waals surface area contributed by atoms with Crippen LogP contribution in [0.5, 0.6) is 0 Å². The number of carbonyl (C=O) groups excluding carboxylic acids is 3. The summed E-state index contributed by atoms with van der Waals surface area (Å²) in [5.74, 6) is -1.31. The zero-order valence-electron chi connectivity index (χ0n) is 14.3. The highest BCUT2D eigenvalue weighted by molar-refractivity contribution is 8.18. The van der Waals surface area contributed by atoms with E-state index in [4.69, 9.17) is 5.73 Å². The number of rotatable bonds is 3. The second kappa shape index (κ2) is 6.93. The first-order valence-electron chi connectivity index (χ1n) is 8.21. The Kier molecular flexibility index (Phi) is 4.44. The summed E-state index contributed by atoms with van der Waals surface area (Å²) in [5, 5.41) is 2.14. The maximum atomic E-state index is 13.0. The lowest BCUT2D eigenvalue weighted by Gasteiger charge is -2.16. The highest BCUT2D eigenvalue weighted by Crippen LogP contribution is 2.42. The van der Waals surface area contributed by atoms with E-state index in [0.717, 1.165) is 11.8 Å². The van der Waals surface area contributed by atoms with Crippen LogP contribution in [0.4, 0.5) is 20.6 Å². The lowest BCUT2D eigenvalue weighted by atomic mass is 10.1. The van der Waals surface area contributed by atoms with Crippen LogP contribution in [0.3, 0.4) is 0 Å². The van der Waals surface area contributed by atoms with Crippen LogP contribution in [-0.2, 0) is 9.59 Å². The Hall–Kier alpha value is -3.46. The SMILES string of the molecule is NC1=NC(=O)S/C1=C1/C(=O)N(CC(=O)Nc2ccc(F)cc2)c2ccccc21. The molecule has 2 aromatic rings. The molecule has 140 valence electrons. The number of hydrogen-bond donors (Lipinski definition) is 2. The molecule has 0 aliphatic carbocycles. The summed E-state index contributed by atoms with van der Waals surface area (Å²) in [6, 6.07) is 12.2. The van der Waals surface area contributed by atoms with Crippen LogP contribution in [0, 0.1) is 5.82 Å². The third kappa shape index (κ3) is 3.16. The van der Waals surface area contributed by atoms with Crippen LogP contribution in [0.2, 0.25) is 0 Å². The average molecular weight is 396 g/mol. The van der Waals surface area contributed by atoms with Crippen molar-refractivity contribution in [1.29, 1.82) is 0 Å². The van der Waals surface area contributed by atoms with Gasteiger partial charge in [-0.15, -0.1) is 0 Å². The minimum Gasteiger partial charge on any atom is -0.383 e. The number of halogens is 1. The number of hydrogen-bond acceptors (Lipinski definition) is 5. The van der Waals surface area contributed by atoms with Gasteiger partial charge in [0.05, 0.1) is 16.2 Å². The molecular weight excluding hydrogens is 383 g/mol. The smallest absolute Gasteiger partial charge is 0.311 e. The van der Waals surface area contributed by atoms with E-state index < -0.39 is 22.9 Å². The molecule has 2 heterocycles. The predicted octanol–water partition coefficient (Wildman–Crippen LogP) is 2.75. The quantitative estimate of drug-likeness (QED) is 0.777. The van der Waals surface area contributed by atoms with E-state index in [1.54, 1.807) is 24.3 Å². The van der Waals surface area contributed by atoms with Crippen LogP contribution >= 0.6 is 11.8 Å². The fourth-order valence-electron chi connectivity index (χ4n) is 3.02. The van der Waals surface area contributed by atoms with Gasteiger partial charge in [-0.2, -0.15) is 4.99 Å². The first kappa shape index (κ1) is 17.9. The number of nitrogens with zero attached hydrogens (tertiary/aromatic N) is 2. The number of fused-ring (bicyclic) bond motifs is 1. The predicted molar refractivity (Wildman–Crippen MR) is 105 cm³/mol. The fraction of sp³-hybridized carbons (Fsp3) is 0.0526. The minimum absolute atomic E-state index is 0.00855. The third-order valence-electron chi connectivity index (χ3n) is 4.21. The van der Waals surface area contributed by atoms with E-state index in [0.29, 0.717) is 21.8 Å². The van der Waals surface area contributed by atoms with Crippen molar-refractivity contribution in [3.63, 3.8) is 0 Å². The van der Waals surface area contributed by atoms with Crippen LogP contribution in [0.25, 0.3) is 5.57 Å². The van der Waals surface area contributed by atoms with E-state index >= 15 is 0 Å². The molecule has 0 spiro atoms. The summed E-state index contributed by atoms with van der Waals surface area (Å²) < 4.78 is 13.0. The van der Waals surface area contributed by atoms with Gasteiger partial charge >= 0.3 is 5.24 Å². The van der Waals surface area contributed by atoms with Crippen molar-refractivity contribution in [2.45, 2.75) is 0 Å². The minimum atomic E-state index is -0.488. The number of anilines is 2. The number of amidine groups is 1. The van der Waals surface area contributed by atoms with Crippen molar-refractivity contribution in [3.05, 3.63) is 64.8 Å². The molecule has 28 heavy (non-hydrogen) atoms. The summed E-state index contributed by atoms with van der Waals surface area (Å²) in [7, 11) is 0. The Morgan fingerprint density at radius 1 is 1.14 bits per heavy atom. The second-order valence-corrected chi connectivity index (χ2v) is 6.99. The molecule has 9 heteroatoms. The molecule has 2 aliphatic rings. The van der Waals surface area contributed by atoms with Gasteiger partial charge in [0.15, 0.2) is 0 Å². The van der Waals surface area contributed by atoms with Crippen molar-refractivity contribution < 1.29 is 18.8 Å². The lowest BCUT2D eigenvalue weighted by Crippen LogP contribution is -2.35. The molecule has 2 aromatic carbocycles. The first-order valence-corrected chi connectivity index (χ1v) is 9.03. The van der Waals surface area contributed by atoms with Crippen molar-refractivity contribution in [1.82, 2.24) is 0 Å². The Balaban J connectivity index is 1.64. The van der Waals surface area contributed by atoms with Gasteiger partial charge in [0, 0.05) is 11.3 Å². The maximum Gasteiger partial charge on any atom is 0.311 e. The number of nitrogens with two attached hydrogens (primary N) is 1. The molecule has 4 rings (SSSR count). The van der Waals surface area contributed by atoms with Crippen molar-refractivity contribution in [2.75, 3.05) is 16.8 Å². The molecule has 7 nitrogen and oxygen atoms in total. The largest absolute Gasteiger partial charge is 0.383 e. The lowest BCUT2D eigenvalue weighted by molar-refractivity contribution is -0.118. The summed E-state index contributed by atoms with van der Waals surface area (Å²) in [5.41, 5.74) is 7.59. The monoisotopic (exact) mass is 396 g/mol. The van der Waals surface area contributed by atoms with E-state index in [9.17, 15) is 18.8 Å². The highest BCUT2D eigenvalue weighted by atomic mass is 32.2. The molecule has 0 bridgehead atoms. The molecule has 3 N–H and O–H groups in total. The topological polar surface area (TPSA) is 105 Å². The van der Waals surface area contributed by atoms with E-state index in [1.807, 2.05) is 0 Å². The summed E-state index contributed by atoms with van der Waals surface area (Å²) in [6.45, 7) is -0.250. The summed E-state index contributed by atoms with van der Waals surface area (Å²) in [4.78, 5) is 42.3. The molecule has 0 unspecified atom stereocenters. The molecule has 2 aliphatic heterocycles. The van der Waals surface area contributed by atoms with E-state index in [-0.39, 0.29) is 18.0 Å². The molecule has 0 radical (unpaired) electrons. The van der Waals surface area contributed by atoms with Crippen LogP contribution in [-0.4, -0.2) is 29.4 Å². The average Bonchev–Trinajstić information content (AvgIpc) is 3.13. The number of thioether (sulfide) groups is 1. The van der Waals surface area contributed by atoms with Crippen LogP contribution in [0.1, 0.15) is 5.56 Å². The summed E-state index contributed by atoms with van der Waals surface area (Å²) >= 11 is 0.792. The van der Waals surface area contributed by atoms with Gasteiger partial charge in [-0.05, 0) is 42.1 Å². The first-order chi connectivity index (χ1) is 13.4. The number of aliphatic imine (C=N–C) groups is 1. The fourth-order valence-corrected chi connectivity index (χ4v) is 3.79. The summed E-state index contributed by atoms with van der Waals surface area (Å²) in [6.07, 6.45) is 0. The van der Waals surface area contributed by atoms with Crippen molar-refractivity contribution in [2.24, 2.45) is 10.7 Å². The van der Waals surface area contributed by atoms with Crippen molar-refractivity contribution in [3.8, 4) is 0 Å². The highest BCUT2D eigenvalue weighted by Gasteiger charge is 2.38. The normalized spacial score (nSPS) is 18.3. The van der Waals surface area contributed by atoms with Crippen LogP contribution < -0.4 is 16.0 Å². The number of nitrogens with one attached hydrogen (secondary N) is 1. The van der Waals surface area contributed by atoms with Gasteiger partial charge in [-0.1, -0.05) is 18.2 Å². The maximum absolute atomic E-state index is 13.0. The second-order valence-electron chi connectivity index (χ2n) is 6.03. The van der Waals surface area contributed by atoms with Crippen LogP contribution in [0.15, 0.2) is 58.4 Å². The Morgan fingerprint density at radius 2 is 1.86 bits per heavy atom. The molecular formula is C19H13FN4O3S. The third-order valence-corrected chi connectivity index (χ3v) is 5.10. The zero-order chi connectivity index (χ0) is 19.8. The van der Waals surface area contributed by atoms with Gasteiger partial charge in [0.25, 0.3) is 5.91 Å². The molecule has 0 atom stereocenters. The number of amides is 3. The van der Waals surface area contributed by atoms with Gasteiger partial charge in [-0.25, -0.2) is 4.39 Å². The Labute approximate surface area is 163 Å². The molecule has 0 aromatic heterocycles. The molecule has 0 saturated heterocycles. The number of benzene rings is 2.